The number of aryl methyl sites for hydroxylation is 1. The Hall–Kier alpha value is -1.99. The Bertz CT molecular complexity index is 729. The molecule has 1 N–H and O–H groups in total. The van der Waals surface area contributed by atoms with E-state index in [1.54, 1.807) is 6.20 Å². The van der Waals surface area contributed by atoms with E-state index >= 15 is 0 Å². The van der Waals surface area contributed by atoms with Crippen molar-refractivity contribution in [1.82, 2.24) is 24.6 Å². The normalized spacial score (nSPS) is 27.8. The number of aliphatic hydroxyl groups excluding tert-OH is 1. The van der Waals surface area contributed by atoms with Gasteiger partial charge in [0.25, 0.3) is 0 Å². The lowest BCUT2D eigenvalue weighted by molar-refractivity contribution is -0.0466. The molecule has 0 saturated carbocycles. The van der Waals surface area contributed by atoms with Crippen molar-refractivity contribution in [1.29, 1.82) is 0 Å². The summed E-state index contributed by atoms with van der Waals surface area (Å²) in [6, 6.07) is 4.00. The second kappa shape index (κ2) is 6.38. The molecule has 2 aliphatic heterocycles. The average Bonchev–Trinajstić information content (AvgIpc) is 3.05. The third kappa shape index (κ3) is 3.02. The molecular weight excluding hydrogens is 316 g/mol. The van der Waals surface area contributed by atoms with Crippen LogP contribution in [0.5, 0.6) is 0 Å². The highest BCUT2D eigenvalue weighted by Gasteiger charge is 2.45. The minimum Gasteiger partial charge on any atom is -0.392 e. The van der Waals surface area contributed by atoms with Crippen molar-refractivity contribution in [2.45, 2.75) is 25.4 Å². The first-order valence-electron chi connectivity index (χ1n) is 9.00. The van der Waals surface area contributed by atoms with Gasteiger partial charge in [0.05, 0.1) is 6.10 Å². The summed E-state index contributed by atoms with van der Waals surface area (Å²) >= 11 is 0. The number of piperidine rings is 2. The van der Waals surface area contributed by atoms with Gasteiger partial charge in [0.2, 0.25) is 0 Å². The van der Waals surface area contributed by atoms with E-state index in [-0.39, 0.29) is 11.5 Å². The molecule has 4 heterocycles. The summed E-state index contributed by atoms with van der Waals surface area (Å²) in [7, 11) is 4.10. The molecule has 0 aromatic carbocycles. The molecule has 2 aromatic heterocycles. The maximum absolute atomic E-state index is 10.7. The number of anilines is 1. The predicted molar refractivity (Wildman–Crippen MR) is 96.2 cm³/mol. The van der Waals surface area contributed by atoms with Crippen molar-refractivity contribution in [3.05, 3.63) is 24.5 Å². The molecule has 4 rings (SSSR count). The van der Waals surface area contributed by atoms with Crippen LogP contribution in [-0.2, 0) is 7.05 Å². The van der Waals surface area contributed by atoms with E-state index in [2.05, 4.69) is 32.0 Å². The van der Waals surface area contributed by atoms with Gasteiger partial charge in [-0.2, -0.15) is 0 Å². The largest absolute Gasteiger partial charge is 0.392 e. The van der Waals surface area contributed by atoms with E-state index < -0.39 is 0 Å². The molecular formula is C18H26N6O. The first-order chi connectivity index (χ1) is 12.1. The van der Waals surface area contributed by atoms with Crippen molar-refractivity contribution < 1.29 is 5.11 Å². The van der Waals surface area contributed by atoms with Crippen LogP contribution < -0.4 is 4.90 Å². The SMILES string of the molecule is CN1CC[C@H](O)[C@@]2(CCCN(c3ccc(-c4nccn4C)nn3)C2)C1. The lowest BCUT2D eigenvalue weighted by Gasteiger charge is -2.50. The lowest BCUT2D eigenvalue weighted by atomic mass is 9.71. The predicted octanol–water partition coefficient (Wildman–Crippen LogP) is 1.16. The molecule has 25 heavy (non-hydrogen) atoms. The second-order valence-corrected chi connectivity index (χ2v) is 7.57. The highest BCUT2D eigenvalue weighted by molar-refractivity contribution is 5.52. The number of hydrogen-bond donors (Lipinski definition) is 1. The smallest absolute Gasteiger partial charge is 0.160 e. The van der Waals surface area contributed by atoms with Crippen LogP contribution in [0.4, 0.5) is 5.82 Å². The Morgan fingerprint density at radius 3 is 2.76 bits per heavy atom. The molecule has 2 saturated heterocycles. The summed E-state index contributed by atoms with van der Waals surface area (Å²) < 4.78 is 1.94. The molecule has 0 aliphatic carbocycles. The summed E-state index contributed by atoms with van der Waals surface area (Å²) in [6.07, 6.45) is 6.45. The van der Waals surface area contributed by atoms with E-state index in [1.165, 1.54) is 0 Å². The van der Waals surface area contributed by atoms with Gasteiger partial charge in [-0.3, -0.25) is 0 Å². The number of aliphatic hydroxyl groups is 1. The van der Waals surface area contributed by atoms with E-state index in [4.69, 9.17) is 0 Å². The number of imidazole rings is 1. The fourth-order valence-electron chi connectivity index (χ4n) is 4.35. The zero-order valence-corrected chi connectivity index (χ0v) is 15.0. The van der Waals surface area contributed by atoms with Gasteiger partial charge >= 0.3 is 0 Å². The topological polar surface area (TPSA) is 70.3 Å². The van der Waals surface area contributed by atoms with Crippen molar-refractivity contribution in [3.8, 4) is 11.5 Å². The highest BCUT2D eigenvalue weighted by Crippen LogP contribution is 2.39. The molecule has 0 bridgehead atoms. The summed E-state index contributed by atoms with van der Waals surface area (Å²) in [5.41, 5.74) is 0.728. The first kappa shape index (κ1) is 16.5. The van der Waals surface area contributed by atoms with Gasteiger partial charge in [0.15, 0.2) is 11.6 Å². The fraction of sp³-hybridized carbons (Fsp3) is 0.611. The summed E-state index contributed by atoms with van der Waals surface area (Å²) in [5, 5.41) is 19.5. The van der Waals surface area contributed by atoms with Gasteiger partial charge in [-0.25, -0.2) is 4.98 Å². The van der Waals surface area contributed by atoms with Gasteiger partial charge < -0.3 is 19.5 Å². The Labute approximate surface area is 148 Å². The van der Waals surface area contributed by atoms with E-state index in [9.17, 15) is 5.11 Å². The van der Waals surface area contributed by atoms with Crippen molar-refractivity contribution in [2.75, 3.05) is 38.1 Å². The Morgan fingerprint density at radius 2 is 2.04 bits per heavy atom. The van der Waals surface area contributed by atoms with Crippen LogP contribution in [0.2, 0.25) is 0 Å². The average molecular weight is 342 g/mol. The molecule has 0 radical (unpaired) electrons. The maximum atomic E-state index is 10.7. The summed E-state index contributed by atoms with van der Waals surface area (Å²) in [4.78, 5) is 8.94. The van der Waals surface area contributed by atoms with E-state index in [0.717, 1.165) is 62.8 Å². The van der Waals surface area contributed by atoms with Crippen LogP contribution in [0, 0.1) is 5.41 Å². The molecule has 7 heteroatoms. The zero-order valence-electron chi connectivity index (χ0n) is 15.0. The van der Waals surface area contributed by atoms with E-state index in [0.29, 0.717) is 0 Å². The van der Waals surface area contributed by atoms with Gasteiger partial charge in [0.1, 0.15) is 5.69 Å². The van der Waals surface area contributed by atoms with Crippen LogP contribution in [0.15, 0.2) is 24.5 Å². The van der Waals surface area contributed by atoms with Gasteiger partial charge in [-0.05, 0) is 38.4 Å². The van der Waals surface area contributed by atoms with Gasteiger partial charge in [0, 0.05) is 51.0 Å². The quantitative estimate of drug-likeness (QED) is 0.883. The Balaban J connectivity index is 1.54. The van der Waals surface area contributed by atoms with E-state index in [1.807, 2.05) is 29.9 Å². The molecule has 0 amide bonds. The summed E-state index contributed by atoms with van der Waals surface area (Å²) in [5.74, 6) is 1.70. The second-order valence-electron chi connectivity index (χ2n) is 7.57. The number of likely N-dealkylation sites (tertiary alicyclic amines) is 1. The zero-order chi connectivity index (χ0) is 17.4. The Morgan fingerprint density at radius 1 is 1.16 bits per heavy atom. The number of aromatic nitrogens is 4. The minimum atomic E-state index is -0.230. The van der Waals surface area contributed by atoms with Crippen molar-refractivity contribution >= 4 is 5.82 Å². The minimum absolute atomic E-state index is 0.0503. The third-order valence-electron chi connectivity index (χ3n) is 5.71. The molecule has 1 spiro atoms. The highest BCUT2D eigenvalue weighted by atomic mass is 16.3. The fourth-order valence-corrected chi connectivity index (χ4v) is 4.35. The molecule has 0 unspecified atom stereocenters. The number of rotatable bonds is 2. The van der Waals surface area contributed by atoms with Crippen molar-refractivity contribution in [3.63, 3.8) is 0 Å². The van der Waals surface area contributed by atoms with Crippen LogP contribution in [-0.4, -0.2) is 69.1 Å². The molecule has 2 atom stereocenters. The van der Waals surface area contributed by atoms with Crippen molar-refractivity contribution in [2.24, 2.45) is 12.5 Å². The van der Waals surface area contributed by atoms with Crippen LogP contribution in [0.1, 0.15) is 19.3 Å². The Kier molecular flexibility index (Phi) is 4.21. The summed E-state index contributed by atoms with van der Waals surface area (Å²) in [6.45, 7) is 3.73. The monoisotopic (exact) mass is 342 g/mol. The van der Waals surface area contributed by atoms with Gasteiger partial charge in [-0.15, -0.1) is 10.2 Å². The van der Waals surface area contributed by atoms with Crippen LogP contribution in [0.3, 0.4) is 0 Å². The third-order valence-corrected chi connectivity index (χ3v) is 5.71. The number of nitrogens with zero attached hydrogens (tertiary/aromatic N) is 6. The molecule has 7 nitrogen and oxygen atoms in total. The number of hydrogen-bond acceptors (Lipinski definition) is 6. The molecule has 2 aliphatic rings. The van der Waals surface area contributed by atoms with Gasteiger partial charge in [-0.1, -0.05) is 0 Å². The van der Waals surface area contributed by atoms with Crippen LogP contribution >= 0.6 is 0 Å². The molecule has 2 aromatic rings. The van der Waals surface area contributed by atoms with Crippen LogP contribution in [0.25, 0.3) is 11.5 Å². The lowest BCUT2D eigenvalue weighted by Crippen LogP contribution is -2.58. The standard InChI is InChI=1S/C18H26N6O/c1-22-10-6-15(25)18(12-22)7-3-9-24(13-18)16-5-4-14(20-21-16)17-19-8-11-23(17)2/h4-5,8,11,15,25H,3,6-7,9-10,12-13H2,1-2H3/t15-,18-/m0/s1. The molecule has 134 valence electrons. The first-order valence-corrected chi connectivity index (χ1v) is 9.00. The maximum Gasteiger partial charge on any atom is 0.160 e. The molecule has 2 fully saturated rings.